The van der Waals surface area contributed by atoms with E-state index in [2.05, 4.69) is 60.0 Å². The summed E-state index contributed by atoms with van der Waals surface area (Å²) in [5, 5.41) is 7.31. The standard InChI is InChI=1S/C20H24N2/c1-2-14-6-8-15(9-7-14)16-4-3-5-19-20(16)17-10-12-21-13-11-18(17)22-19/h3-9,17-18,21-22H,2,10-13H2,1H3/t17-,18-/m0/s1. The van der Waals surface area contributed by atoms with Gasteiger partial charge in [-0.3, -0.25) is 0 Å². The molecule has 0 spiro atoms. The molecule has 0 aromatic heterocycles. The summed E-state index contributed by atoms with van der Waals surface area (Å²) >= 11 is 0. The number of hydrogen-bond acceptors (Lipinski definition) is 2. The minimum Gasteiger partial charge on any atom is -0.381 e. The molecule has 0 unspecified atom stereocenters. The Kier molecular flexibility index (Phi) is 3.63. The molecule has 0 saturated carbocycles. The van der Waals surface area contributed by atoms with Crippen LogP contribution in [0.15, 0.2) is 42.5 Å². The second-order valence-corrected chi connectivity index (χ2v) is 6.50. The highest BCUT2D eigenvalue weighted by atomic mass is 15.0. The summed E-state index contributed by atoms with van der Waals surface area (Å²) in [7, 11) is 0. The van der Waals surface area contributed by atoms with E-state index in [4.69, 9.17) is 0 Å². The minimum absolute atomic E-state index is 0.598. The first-order chi connectivity index (χ1) is 10.9. The van der Waals surface area contributed by atoms with Gasteiger partial charge in [-0.25, -0.2) is 0 Å². The van der Waals surface area contributed by atoms with Gasteiger partial charge >= 0.3 is 0 Å². The number of rotatable bonds is 2. The molecule has 0 bridgehead atoms. The van der Waals surface area contributed by atoms with Crippen LogP contribution >= 0.6 is 0 Å². The van der Waals surface area contributed by atoms with Gasteiger partial charge in [0.15, 0.2) is 0 Å². The van der Waals surface area contributed by atoms with Gasteiger partial charge in [0.2, 0.25) is 0 Å². The molecule has 1 saturated heterocycles. The van der Waals surface area contributed by atoms with Gasteiger partial charge in [0, 0.05) is 17.6 Å². The zero-order chi connectivity index (χ0) is 14.9. The Hall–Kier alpha value is -1.80. The quantitative estimate of drug-likeness (QED) is 0.868. The Balaban J connectivity index is 1.77. The van der Waals surface area contributed by atoms with Gasteiger partial charge < -0.3 is 10.6 Å². The average Bonchev–Trinajstić information content (AvgIpc) is 2.76. The monoisotopic (exact) mass is 292 g/mol. The van der Waals surface area contributed by atoms with Crippen molar-refractivity contribution in [2.24, 2.45) is 0 Å². The van der Waals surface area contributed by atoms with Gasteiger partial charge in [-0.2, -0.15) is 0 Å². The van der Waals surface area contributed by atoms with E-state index in [0.717, 1.165) is 19.5 Å². The smallest absolute Gasteiger partial charge is 0.0384 e. The number of hydrogen-bond donors (Lipinski definition) is 2. The van der Waals surface area contributed by atoms with Gasteiger partial charge in [-0.15, -0.1) is 0 Å². The molecule has 22 heavy (non-hydrogen) atoms. The summed E-state index contributed by atoms with van der Waals surface area (Å²) in [6.07, 6.45) is 3.55. The van der Waals surface area contributed by atoms with Crippen molar-refractivity contribution >= 4 is 5.69 Å². The van der Waals surface area contributed by atoms with Gasteiger partial charge in [-0.1, -0.05) is 43.3 Å². The Morgan fingerprint density at radius 3 is 2.64 bits per heavy atom. The first-order valence-corrected chi connectivity index (χ1v) is 8.56. The molecule has 2 heteroatoms. The maximum absolute atomic E-state index is 3.77. The number of aryl methyl sites for hydroxylation is 1. The zero-order valence-corrected chi connectivity index (χ0v) is 13.2. The van der Waals surface area contributed by atoms with Crippen LogP contribution in [0.4, 0.5) is 5.69 Å². The molecule has 2 aromatic carbocycles. The molecule has 2 aliphatic rings. The largest absolute Gasteiger partial charge is 0.381 e. The Labute approximate surface area is 132 Å². The third kappa shape index (κ3) is 2.32. The fourth-order valence-electron chi connectivity index (χ4n) is 4.02. The Morgan fingerprint density at radius 1 is 1.00 bits per heavy atom. The number of fused-ring (bicyclic) bond motifs is 3. The molecule has 2 heterocycles. The summed E-state index contributed by atoms with van der Waals surface area (Å²) in [5.41, 5.74) is 7.08. The topological polar surface area (TPSA) is 24.1 Å². The first kappa shape index (κ1) is 13.8. The molecule has 2 N–H and O–H groups in total. The lowest BCUT2D eigenvalue weighted by Gasteiger charge is -2.18. The highest BCUT2D eigenvalue weighted by molar-refractivity contribution is 5.77. The fraction of sp³-hybridized carbons (Fsp3) is 0.400. The number of anilines is 1. The Bertz CT molecular complexity index is 660. The van der Waals surface area contributed by atoms with Crippen LogP contribution in [0.25, 0.3) is 11.1 Å². The summed E-state index contributed by atoms with van der Waals surface area (Å²) < 4.78 is 0. The molecular weight excluding hydrogens is 268 g/mol. The third-order valence-corrected chi connectivity index (χ3v) is 5.24. The Morgan fingerprint density at radius 2 is 1.82 bits per heavy atom. The SMILES string of the molecule is CCc1ccc(-c2cccc3c2[C@H]2CCNCC[C@@H]2N3)cc1. The highest BCUT2D eigenvalue weighted by Gasteiger charge is 2.34. The van der Waals surface area contributed by atoms with Crippen molar-refractivity contribution in [2.75, 3.05) is 18.4 Å². The van der Waals surface area contributed by atoms with Crippen LogP contribution in [0, 0.1) is 0 Å². The molecular formula is C20H24N2. The molecule has 1 fully saturated rings. The van der Waals surface area contributed by atoms with Crippen LogP contribution < -0.4 is 10.6 Å². The van der Waals surface area contributed by atoms with Crippen LogP contribution in [0.1, 0.15) is 36.8 Å². The molecule has 0 amide bonds. The maximum atomic E-state index is 3.77. The normalized spacial score (nSPS) is 23.3. The number of benzene rings is 2. The van der Waals surface area contributed by atoms with E-state index in [0.29, 0.717) is 12.0 Å². The van der Waals surface area contributed by atoms with Crippen molar-refractivity contribution < 1.29 is 0 Å². The van der Waals surface area contributed by atoms with E-state index in [1.165, 1.54) is 35.2 Å². The molecule has 2 aliphatic heterocycles. The van der Waals surface area contributed by atoms with Gasteiger partial charge in [0.25, 0.3) is 0 Å². The van der Waals surface area contributed by atoms with E-state index in [-0.39, 0.29) is 0 Å². The van der Waals surface area contributed by atoms with E-state index in [9.17, 15) is 0 Å². The van der Waals surface area contributed by atoms with Crippen LogP contribution in [-0.4, -0.2) is 19.1 Å². The van der Waals surface area contributed by atoms with E-state index in [1.807, 2.05) is 0 Å². The number of nitrogens with one attached hydrogen (secondary N) is 2. The van der Waals surface area contributed by atoms with Gasteiger partial charge in [0.05, 0.1) is 0 Å². The van der Waals surface area contributed by atoms with Crippen molar-refractivity contribution in [1.82, 2.24) is 5.32 Å². The molecule has 2 atom stereocenters. The lowest BCUT2D eigenvalue weighted by Crippen LogP contribution is -2.21. The molecule has 0 radical (unpaired) electrons. The molecule has 114 valence electrons. The maximum Gasteiger partial charge on any atom is 0.0384 e. The van der Waals surface area contributed by atoms with Crippen LogP contribution in [0.3, 0.4) is 0 Å². The van der Waals surface area contributed by atoms with E-state index >= 15 is 0 Å². The summed E-state index contributed by atoms with van der Waals surface area (Å²) in [4.78, 5) is 0. The third-order valence-electron chi connectivity index (χ3n) is 5.24. The van der Waals surface area contributed by atoms with Crippen LogP contribution in [0.5, 0.6) is 0 Å². The fourth-order valence-corrected chi connectivity index (χ4v) is 4.02. The van der Waals surface area contributed by atoms with Crippen molar-refractivity contribution in [1.29, 1.82) is 0 Å². The summed E-state index contributed by atoms with van der Waals surface area (Å²) in [5.74, 6) is 0.645. The second-order valence-electron chi connectivity index (χ2n) is 6.50. The lowest BCUT2D eigenvalue weighted by molar-refractivity contribution is 0.579. The predicted octanol–water partition coefficient (Wildman–Crippen LogP) is 4.18. The highest BCUT2D eigenvalue weighted by Crippen LogP contribution is 2.45. The van der Waals surface area contributed by atoms with Gasteiger partial charge in [0.1, 0.15) is 0 Å². The molecule has 2 aromatic rings. The molecule has 0 aliphatic carbocycles. The minimum atomic E-state index is 0.598. The van der Waals surface area contributed by atoms with Crippen molar-refractivity contribution in [3.8, 4) is 11.1 Å². The first-order valence-electron chi connectivity index (χ1n) is 8.56. The molecule has 4 rings (SSSR count). The van der Waals surface area contributed by atoms with Crippen LogP contribution in [0.2, 0.25) is 0 Å². The summed E-state index contributed by atoms with van der Waals surface area (Å²) in [6.45, 7) is 4.47. The molecule has 2 nitrogen and oxygen atoms in total. The average molecular weight is 292 g/mol. The predicted molar refractivity (Wildman–Crippen MR) is 93.5 cm³/mol. The van der Waals surface area contributed by atoms with Crippen molar-refractivity contribution in [2.45, 2.75) is 38.1 Å². The van der Waals surface area contributed by atoms with Crippen LogP contribution in [-0.2, 0) is 6.42 Å². The van der Waals surface area contributed by atoms with E-state index in [1.54, 1.807) is 5.56 Å². The zero-order valence-electron chi connectivity index (χ0n) is 13.2. The lowest BCUT2D eigenvalue weighted by atomic mass is 9.86. The van der Waals surface area contributed by atoms with Crippen molar-refractivity contribution in [3.05, 3.63) is 53.6 Å². The van der Waals surface area contributed by atoms with Gasteiger partial charge in [-0.05, 0) is 60.7 Å². The van der Waals surface area contributed by atoms with Crippen molar-refractivity contribution in [3.63, 3.8) is 0 Å². The van der Waals surface area contributed by atoms with E-state index < -0.39 is 0 Å². The summed E-state index contributed by atoms with van der Waals surface area (Å²) in [6, 6.07) is 16.4. The second kappa shape index (κ2) is 5.77.